The third kappa shape index (κ3) is 2.34. The van der Waals surface area contributed by atoms with Crippen LogP contribution in [0.1, 0.15) is 64.7 Å². The molecule has 4 heteroatoms. The predicted molar refractivity (Wildman–Crippen MR) is 97.4 cm³/mol. The van der Waals surface area contributed by atoms with Gasteiger partial charge in [-0.25, -0.2) is 0 Å². The number of hydrogen-bond acceptors (Lipinski definition) is 4. The fourth-order valence-electron chi connectivity index (χ4n) is 7.65. The SMILES string of the molecule is C[C@]12CC[C@@H]3C4=C(CC[C@H]3[C@@H]1CC[C@@H]2C1(CO)OCCO1)CC(=O)CC4. The first-order valence-electron chi connectivity index (χ1n) is 10.7. The Morgan fingerprint density at radius 3 is 2.65 bits per heavy atom. The van der Waals surface area contributed by atoms with Gasteiger partial charge in [-0.1, -0.05) is 18.1 Å². The molecule has 0 bridgehead atoms. The first-order valence-corrected chi connectivity index (χ1v) is 10.7. The molecular formula is C22H32O4. The average molecular weight is 360 g/mol. The molecule has 0 spiro atoms. The van der Waals surface area contributed by atoms with E-state index >= 15 is 0 Å². The Morgan fingerprint density at radius 2 is 1.88 bits per heavy atom. The van der Waals surface area contributed by atoms with Crippen LogP contribution in [0.3, 0.4) is 0 Å². The lowest BCUT2D eigenvalue weighted by molar-refractivity contribution is -0.242. The van der Waals surface area contributed by atoms with Crippen molar-refractivity contribution in [1.82, 2.24) is 0 Å². The number of Topliss-reactive ketones (excluding diaryl/α,β-unsaturated/α-hetero) is 1. The first-order chi connectivity index (χ1) is 12.6. The van der Waals surface area contributed by atoms with E-state index in [1.807, 2.05) is 0 Å². The summed E-state index contributed by atoms with van der Waals surface area (Å²) in [6.45, 7) is 3.63. The minimum atomic E-state index is -0.757. The van der Waals surface area contributed by atoms with Crippen LogP contribution in [0.15, 0.2) is 11.1 Å². The minimum Gasteiger partial charge on any atom is -0.391 e. The number of rotatable bonds is 2. The van der Waals surface area contributed by atoms with Crippen LogP contribution in [0.4, 0.5) is 0 Å². The van der Waals surface area contributed by atoms with Gasteiger partial charge in [-0.2, -0.15) is 0 Å². The monoisotopic (exact) mass is 360 g/mol. The van der Waals surface area contributed by atoms with Crippen LogP contribution >= 0.6 is 0 Å². The molecule has 0 unspecified atom stereocenters. The van der Waals surface area contributed by atoms with Gasteiger partial charge in [-0.05, 0) is 68.1 Å². The molecule has 1 saturated heterocycles. The molecule has 0 radical (unpaired) electrons. The quantitative estimate of drug-likeness (QED) is 0.764. The van der Waals surface area contributed by atoms with Crippen molar-refractivity contribution in [2.24, 2.45) is 29.1 Å². The fraction of sp³-hybridized carbons (Fsp3) is 0.864. The highest BCUT2D eigenvalue weighted by Crippen LogP contribution is 2.65. The molecule has 144 valence electrons. The summed E-state index contributed by atoms with van der Waals surface area (Å²) in [5.41, 5.74) is 3.36. The number of allylic oxidation sites excluding steroid dienone is 2. The van der Waals surface area contributed by atoms with E-state index in [2.05, 4.69) is 6.92 Å². The number of carbonyl (C=O) groups is 1. The van der Waals surface area contributed by atoms with Gasteiger partial charge in [-0.3, -0.25) is 4.79 Å². The molecule has 26 heavy (non-hydrogen) atoms. The van der Waals surface area contributed by atoms with Crippen molar-refractivity contribution in [3.8, 4) is 0 Å². The number of carbonyl (C=O) groups excluding carboxylic acids is 1. The van der Waals surface area contributed by atoms with Gasteiger partial charge in [0.1, 0.15) is 5.78 Å². The maximum Gasteiger partial charge on any atom is 0.195 e. The Labute approximate surface area is 156 Å². The Morgan fingerprint density at radius 1 is 1.08 bits per heavy atom. The number of aliphatic hydroxyl groups excluding tert-OH is 1. The van der Waals surface area contributed by atoms with Crippen molar-refractivity contribution in [3.05, 3.63) is 11.1 Å². The lowest BCUT2D eigenvalue weighted by Crippen LogP contribution is -2.52. The molecule has 0 aromatic heterocycles. The van der Waals surface area contributed by atoms with Crippen LogP contribution < -0.4 is 0 Å². The van der Waals surface area contributed by atoms with E-state index in [1.54, 1.807) is 5.57 Å². The Bertz CT molecular complexity index is 632. The Kier molecular flexibility index (Phi) is 4.11. The van der Waals surface area contributed by atoms with Gasteiger partial charge >= 0.3 is 0 Å². The molecule has 1 heterocycles. The third-order valence-electron chi connectivity index (χ3n) is 8.73. The molecule has 0 aromatic carbocycles. The van der Waals surface area contributed by atoms with E-state index in [1.165, 1.54) is 31.3 Å². The molecule has 2 saturated carbocycles. The predicted octanol–water partition coefficient (Wildman–Crippen LogP) is 3.62. The van der Waals surface area contributed by atoms with E-state index in [-0.39, 0.29) is 12.0 Å². The lowest BCUT2D eigenvalue weighted by Gasteiger charge is -2.54. The molecule has 5 aliphatic rings. The summed E-state index contributed by atoms with van der Waals surface area (Å²) in [7, 11) is 0. The normalized spacial score (nSPS) is 44.6. The van der Waals surface area contributed by atoms with Crippen LogP contribution in [0.5, 0.6) is 0 Å². The molecule has 3 fully saturated rings. The maximum atomic E-state index is 11.9. The number of aliphatic hydroxyl groups is 1. The highest BCUT2D eigenvalue weighted by molar-refractivity contribution is 5.82. The summed E-state index contributed by atoms with van der Waals surface area (Å²) in [5.74, 6) is 2.16. The second-order valence-corrected chi connectivity index (χ2v) is 9.60. The molecule has 4 aliphatic carbocycles. The summed E-state index contributed by atoms with van der Waals surface area (Å²) in [6.07, 6.45) is 9.68. The van der Waals surface area contributed by atoms with Crippen molar-refractivity contribution in [1.29, 1.82) is 0 Å². The van der Waals surface area contributed by atoms with Crippen LogP contribution in [0.25, 0.3) is 0 Å². The summed E-state index contributed by atoms with van der Waals surface area (Å²) < 4.78 is 12.0. The molecular weight excluding hydrogens is 328 g/mol. The topological polar surface area (TPSA) is 55.8 Å². The largest absolute Gasteiger partial charge is 0.391 e. The summed E-state index contributed by atoms with van der Waals surface area (Å²) in [4.78, 5) is 11.9. The zero-order valence-electron chi connectivity index (χ0n) is 16.0. The second kappa shape index (κ2) is 6.15. The molecule has 4 nitrogen and oxygen atoms in total. The van der Waals surface area contributed by atoms with E-state index in [9.17, 15) is 9.90 Å². The molecule has 1 N–H and O–H groups in total. The summed E-state index contributed by atoms with van der Waals surface area (Å²) in [6, 6.07) is 0. The van der Waals surface area contributed by atoms with Gasteiger partial charge in [0.25, 0.3) is 0 Å². The highest BCUT2D eigenvalue weighted by atomic mass is 16.7. The van der Waals surface area contributed by atoms with Gasteiger partial charge in [0.15, 0.2) is 5.79 Å². The fourth-order valence-corrected chi connectivity index (χ4v) is 7.65. The van der Waals surface area contributed by atoms with E-state index in [4.69, 9.17) is 9.47 Å². The van der Waals surface area contributed by atoms with Gasteiger partial charge in [0, 0.05) is 18.8 Å². The first kappa shape index (κ1) is 17.4. The summed E-state index contributed by atoms with van der Waals surface area (Å²) >= 11 is 0. The van der Waals surface area contributed by atoms with Crippen LogP contribution in [-0.2, 0) is 14.3 Å². The minimum absolute atomic E-state index is 0.0223. The number of hydrogen-bond donors (Lipinski definition) is 1. The van der Waals surface area contributed by atoms with Gasteiger partial charge in [0.2, 0.25) is 0 Å². The van der Waals surface area contributed by atoms with Gasteiger partial charge < -0.3 is 14.6 Å². The Hall–Kier alpha value is -0.710. The van der Waals surface area contributed by atoms with Crippen LogP contribution in [0.2, 0.25) is 0 Å². The standard InChI is InChI=1S/C22H32O4/c1-21-9-8-17-16-5-3-15(24)12-14(16)2-4-18(17)19(21)6-7-20(21)22(13-23)25-10-11-26-22/h17-20,23H,2-13H2,1H3/t17-,18-,19+,20+,21+/m1/s1. The highest BCUT2D eigenvalue weighted by Gasteiger charge is 2.62. The van der Waals surface area contributed by atoms with Gasteiger partial charge in [-0.15, -0.1) is 0 Å². The van der Waals surface area contributed by atoms with Crippen molar-refractivity contribution in [2.75, 3.05) is 19.8 Å². The molecule has 0 aromatic rings. The summed E-state index contributed by atoms with van der Waals surface area (Å²) in [5, 5.41) is 10.1. The van der Waals surface area contributed by atoms with Crippen LogP contribution in [-0.4, -0.2) is 36.5 Å². The molecule has 5 atom stereocenters. The number of fused-ring (bicyclic) bond motifs is 4. The third-order valence-corrected chi connectivity index (χ3v) is 8.73. The van der Waals surface area contributed by atoms with E-state index < -0.39 is 5.79 Å². The zero-order chi connectivity index (χ0) is 17.9. The van der Waals surface area contributed by atoms with Crippen LogP contribution in [0, 0.1) is 29.1 Å². The number of ketones is 1. The zero-order valence-corrected chi connectivity index (χ0v) is 16.0. The Balaban J connectivity index is 1.43. The van der Waals surface area contributed by atoms with Crippen molar-refractivity contribution < 1.29 is 19.4 Å². The van der Waals surface area contributed by atoms with E-state index in [0.29, 0.717) is 36.8 Å². The van der Waals surface area contributed by atoms with E-state index in [0.717, 1.165) is 38.0 Å². The van der Waals surface area contributed by atoms with Crippen molar-refractivity contribution in [2.45, 2.75) is 70.5 Å². The van der Waals surface area contributed by atoms with Crippen molar-refractivity contribution >= 4 is 5.78 Å². The lowest BCUT2D eigenvalue weighted by atomic mass is 9.52. The van der Waals surface area contributed by atoms with Crippen molar-refractivity contribution in [3.63, 3.8) is 0 Å². The smallest absolute Gasteiger partial charge is 0.195 e. The number of ether oxygens (including phenoxy) is 2. The molecule has 5 rings (SSSR count). The van der Waals surface area contributed by atoms with Gasteiger partial charge in [0.05, 0.1) is 19.8 Å². The maximum absolute atomic E-state index is 11.9. The molecule has 1 aliphatic heterocycles. The molecule has 0 amide bonds. The second-order valence-electron chi connectivity index (χ2n) is 9.60. The average Bonchev–Trinajstić information content (AvgIpc) is 3.25.